The van der Waals surface area contributed by atoms with Crippen molar-refractivity contribution in [3.05, 3.63) is 27.0 Å². The number of aliphatic hydroxyl groups excluding tert-OH is 1. The fourth-order valence-electron chi connectivity index (χ4n) is 2.03. The first kappa shape index (κ1) is 37.9. The number of ether oxygens (including phenoxy) is 1. The summed E-state index contributed by atoms with van der Waals surface area (Å²) in [7, 11) is -18.0. The number of hydrogen-bond acceptors (Lipinski definition) is 15. The van der Waals surface area contributed by atoms with Crippen molar-refractivity contribution in [1.29, 1.82) is 0 Å². The van der Waals surface area contributed by atoms with Gasteiger partial charge in [-0.25, -0.2) is 9.11 Å². The van der Waals surface area contributed by atoms with Crippen molar-refractivity contribution in [3.8, 4) is 0 Å². The van der Waals surface area contributed by atoms with Gasteiger partial charge in [0.1, 0.15) is 12.3 Å². The van der Waals surface area contributed by atoms with E-state index in [1.807, 2.05) is 4.98 Å². The molecule has 2 N–H and O–H groups in total. The molecule has 0 aromatic carbocycles. The molecule has 2 rings (SSSR count). The van der Waals surface area contributed by atoms with Crippen LogP contribution in [0.2, 0.25) is 0 Å². The van der Waals surface area contributed by atoms with Crippen LogP contribution < -0.4 is 106 Å². The van der Waals surface area contributed by atoms with Gasteiger partial charge in [0.25, 0.3) is 21.2 Å². The number of H-pyrrole nitrogens is 1. The summed E-state index contributed by atoms with van der Waals surface area (Å²) in [6.07, 6.45) is -3.59. The minimum atomic E-state index is -6.12. The van der Waals surface area contributed by atoms with Crippen LogP contribution in [0.3, 0.4) is 0 Å². The van der Waals surface area contributed by atoms with Gasteiger partial charge in [0.15, 0.2) is 6.23 Å². The van der Waals surface area contributed by atoms with Crippen LogP contribution in [-0.4, -0.2) is 38.7 Å². The molecule has 1 saturated heterocycles. The number of nitrogens with zero attached hydrogens (tertiary/aromatic N) is 2. The standard InChI is InChI=1S/C8H14N3O14P3.4Li/c12-4-1-7(11-8(14)10-6(13)2-9-11)23-5(4)3-22-27(18,19)25-28(20,21)24-26(15,16)17;;;;/h2,4-5,7,12H,1,3H2,(H,18,19)(H,20,21)(H,10,13,14)(H2,15,16,17);;;;/q;4*+1/p-4. The number of aromatic amines is 1. The van der Waals surface area contributed by atoms with E-state index >= 15 is 0 Å². The average Bonchev–Trinajstić information content (AvgIpc) is 2.82. The molecule has 0 amide bonds. The Morgan fingerprint density at radius 1 is 1.09 bits per heavy atom. The van der Waals surface area contributed by atoms with Crippen LogP contribution in [0, 0.1) is 0 Å². The Bertz CT molecular complexity index is 984. The predicted octanol–water partition coefficient (Wildman–Crippen LogP) is -16.6. The number of hydrogen-bond donors (Lipinski definition) is 2. The second-order valence-corrected chi connectivity index (χ2v) is 9.36. The van der Waals surface area contributed by atoms with Gasteiger partial charge in [0.05, 0.1) is 20.5 Å². The summed E-state index contributed by atoms with van der Waals surface area (Å²) in [5, 5.41) is 13.3. The maximum absolute atomic E-state index is 11.6. The number of phosphoric ester groups is 1. The monoisotopic (exact) mass is 493 g/mol. The molecule has 2 heterocycles. The Balaban J connectivity index is -0.00000210. The molecule has 0 spiro atoms. The summed E-state index contributed by atoms with van der Waals surface area (Å²) in [5.41, 5.74) is -1.78. The van der Waals surface area contributed by atoms with Gasteiger partial charge in [-0.05, 0) is 0 Å². The molecule has 160 valence electrons. The first-order valence-electron chi connectivity index (χ1n) is 6.90. The number of aliphatic hydroxyl groups is 1. The summed E-state index contributed by atoms with van der Waals surface area (Å²) < 4.78 is 49.0. The molecule has 32 heavy (non-hydrogen) atoms. The molecule has 1 aromatic rings. The van der Waals surface area contributed by atoms with E-state index in [1.54, 1.807) is 0 Å². The second kappa shape index (κ2) is 14.8. The predicted molar refractivity (Wildman–Crippen MR) is 74.6 cm³/mol. The van der Waals surface area contributed by atoms with Gasteiger partial charge in [-0.3, -0.25) is 23.2 Å². The van der Waals surface area contributed by atoms with Crippen molar-refractivity contribution in [2.75, 3.05) is 6.61 Å². The zero-order valence-electron chi connectivity index (χ0n) is 17.2. The Kier molecular flexibility index (Phi) is 17.5. The van der Waals surface area contributed by atoms with Gasteiger partial charge in [-0.15, -0.1) is 0 Å². The number of phosphoric acid groups is 3. The van der Waals surface area contributed by atoms with Crippen LogP contribution >= 0.6 is 23.5 Å². The fraction of sp³-hybridized carbons (Fsp3) is 0.625. The van der Waals surface area contributed by atoms with Crippen LogP contribution in [0.4, 0.5) is 0 Å². The van der Waals surface area contributed by atoms with Gasteiger partial charge >= 0.3 is 81.1 Å². The fourth-order valence-corrected chi connectivity index (χ4v) is 4.89. The van der Waals surface area contributed by atoms with E-state index in [4.69, 9.17) is 4.74 Å². The minimum Gasteiger partial charge on any atom is -0.790 e. The Morgan fingerprint density at radius 3 is 2.16 bits per heavy atom. The molecular weight excluding hydrogens is 483 g/mol. The molecule has 0 aliphatic carbocycles. The van der Waals surface area contributed by atoms with E-state index in [2.05, 4.69) is 18.2 Å². The summed E-state index contributed by atoms with van der Waals surface area (Å²) in [6, 6.07) is 0. The molecule has 1 aromatic heterocycles. The molecule has 1 aliphatic rings. The zero-order chi connectivity index (χ0) is 21.3. The summed E-state index contributed by atoms with van der Waals surface area (Å²) in [6.45, 7) is -1.02. The number of rotatable bonds is 8. The van der Waals surface area contributed by atoms with Crippen molar-refractivity contribution < 1.29 is 132 Å². The third-order valence-corrected chi connectivity index (χ3v) is 6.68. The van der Waals surface area contributed by atoms with Gasteiger partial charge < -0.3 is 38.5 Å². The van der Waals surface area contributed by atoms with Crippen LogP contribution in [0.5, 0.6) is 0 Å². The van der Waals surface area contributed by atoms with Crippen LogP contribution in [-0.2, 0) is 31.6 Å². The minimum absolute atomic E-state index is 0. The molecule has 5 atom stereocenters. The Hall–Kier alpha value is 1.33. The van der Waals surface area contributed by atoms with Crippen LogP contribution in [0.1, 0.15) is 12.6 Å². The van der Waals surface area contributed by atoms with E-state index in [1.165, 1.54) is 0 Å². The quantitative estimate of drug-likeness (QED) is 0.251. The maximum atomic E-state index is 11.6. The van der Waals surface area contributed by atoms with E-state index in [0.29, 0.717) is 4.68 Å². The summed E-state index contributed by atoms with van der Waals surface area (Å²) in [5.74, 6) is 0. The second-order valence-electron chi connectivity index (χ2n) is 5.12. The smallest absolute Gasteiger partial charge is 0.790 e. The molecule has 0 radical (unpaired) electrons. The number of nitrogens with one attached hydrogen (secondary N) is 1. The van der Waals surface area contributed by atoms with Crippen molar-refractivity contribution in [1.82, 2.24) is 14.8 Å². The van der Waals surface area contributed by atoms with Crippen molar-refractivity contribution in [2.45, 2.75) is 24.9 Å². The molecule has 0 saturated carbocycles. The van der Waals surface area contributed by atoms with E-state index in [-0.39, 0.29) is 81.9 Å². The zero-order valence-corrected chi connectivity index (χ0v) is 19.9. The van der Waals surface area contributed by atoms with E-state index in [9.17, 15) is 48.0 Å². The third kappa shape index (κ3) is 12.3. The molecular formula is C8H10Li4N3O14P3. The van der Waals surface area contributed by atoms with Gasteiger partial charge in [-0.1, -0.05) is 0 Å². The molecule has 0 bridgehead atoms. The SMILES string of the molecule is O=c1cnn(C2CC(O)C(COP(=O)([O-])OP(=O)([O-])OP(=O)([O-])[O-])O2)c(=O)[nH]1.[Li+].[Li+].[Li+].[Li+]. The van der Waals surface area contributed by atoms with Gasteiger partial charge in [0, 0.05) is 6.42 Å². The number of aromatic nitrogens is 3. The maximum Gasteiger partial charge on any atom is 1.00 e. The summed E-state index contributed by atoms with van der Waals surface area (Å²) in [4.78, 5) is 67.3. The Labute approximate surface area is 227 Å². The average molecular weight is 493 g/mol. The topological polar surface area (TPSA) is 268 Å². The van der Waals surface area contributed by atoms with Crippen LogP contribution in [0.15, 0.2) is 15.8 Å². The molecule has 5 unspecified atom stereocenters. The van der Waals surface area contributed by atoms with Crippen molar-refractivity contribution in [3.63, 3.8) is 0 Å². The molecule has 1 aliphatic heterocycles. The Morgan fingerprint density at radius 2 is 1.66 bits per heavy atom. The normalized spacial score (nSPS) is 23.8. The first-order valence-corrected chi connectivity index (χ1v) is 11.3. The van der Waals surface area contributed by atoms with E-state index < -0.39 is 59.8 Å². The largest absolute Gasteiger partial charge is 1.00 e. The summed E-state index contributed by atoms with van der Waals surface area (Å²) >= 11 is 0. The van der Waals surface area contributed by atoms with Crippen LogP contribution in [0.25, 0.3) is 0 Å². The molecule has 17 nitrogen and oxygen atoms in total. The molecule has 1 fully saturated rings. The van der Waals surface area contributed by atoms with Crippen molar-refractivity contribution >= 4 is 23.5 Å². The van der Waals surface area contributed by atoms with Gasteiger partial charge in [-0.2, -0.15) is 9.78 Å². The van der Waals surface area contributed by atoms with Gasteiger partial charge in [0.2, 0.25) is 0 Å². The first-order chi connectivity index (χ1) is 12.7. The van der Waals surface area contributed by atoms with Crippen molar-refractivity contribution in [2.24, 2.45) is 0 Å². The van der Waals surface area contributed by atoms with E-state index in [0.717, 1.165) is 6.20 Å². The third-order valence-electron chi connectivity index (χ3n) is 3.01. The molecule has 24 heteroatoms.